The minimum atomic E-state index is 0.556. The number of hydrogen-bond acceptors (Lipinski definition) is 8. The summed E-state index contributed by atoms with van der Waals surface area (Å²) in [5.74, 6) is 2.56. The van der Waals surface area contributed by atoms with Crippen LogP contribution in [0.4, 0.5) is 11.8 Å². The summed E-state index contributed by atoms with van der Waals surface area (Å²) in [4.78, 5) is 15.4. The fourth-order valence-electron chi connectivity index (χ4n) is 1.88. The van der Waals surface area contributed by atoms with Gasteiger partial charge >= 0.3 is 0 Å². The van der Waals surface area contributed by atoms with Gasteiger partial charge in [0.15, 0.2) is 5.95 Å². The van der Waals surface area contributed by atoms with Gasteiger partial charge in [-0.1, -0.05) is 12.1 Å². The molecule has 0 radical (unpaired) electrons. The van der Waals surface area contributed by atoms with Gasteiger partial charge in [-0.3, -0.25) is 4.99 Å². The summed E-state index contributed by atoms with van der Waals surface area (Å²) < 4.78 is 1.75. The average molecular weight is 398 g/mol. The number of nitrogens with zero attached hydrogens (tertiary/aromatic N) is 5. The first-order valence-corrected chi connectivity index (χ1v) is 9.07. The van der Waals surface area contributed by atoms with Crippen LogP contribution in [-0.2, 0) is 7.05 Å². The molecule has 0 amide bonds. The second-order valence-corrected chi connectivity index (χ2v) is 6.40. The predicted octanol–water partition coefficient (Wildman–Crippen LogP) is 1.93. The van der Waals surface area contributed by atoms with E-state index in [9.17, 15) is 0 Å². The number of aromatic nitrogens is 3. The molecule has 0 atom stereocenters. The lowest BCUT2D eigenvalue weighted by molar-refractivity contribution is 0.930. The Morgan fingerprint density at radius 1 is 1.00 bits per heavy atom. The number of aliphatic imine (C=N–C) groups is 2. The molecule has 0 saturated carbocycles. The number of pyridine rings is 1. The van der Waals surface area contributed by atoms with Crippen molar-refractivity contribution in [3.8, 4) is 0 Å². The zero-order valence-electron chi connectivity index (χ0n) is 17.5. The van der Waals surface area contributed by atoms with Crippen molar-refractivity contribution in [1.82, 2.24) is 14.5 Å². The van der Waals surface area contributed by atoms with E-state index in [2.05, 4.69) is 20.0 Å². The molecule has 9 heteroatoms. The smallest absolute Gasteiger partial charge is 0.199 e. The van der Waals surface area contributed by atoms with E-state index < -0.39 is 0 Å². The van der Waals surface area contributed by atoms with Gasteiger partial charge in [0.05, 0.1) is 6.54 Å². The topological polar surface area (TPSA) is 160 Å². The number of nitrogens with two attached hydrogens (primary N) is 4. The zero-order chi connectivity index (χ0) is 21.8. The number of aryl methyl sites for hydroxylation is 2. The van der Waals surface area contributed by atoms with Crippen LogP contribution in [0.25, 0.3) is 0 Å². The van der Waals surface area contributed by atoms with Gasteiger partial charge in [-0.2, -0.15) is 0 Å². The normalized spacial score (nSPS) is 13.9. The van der Waals surface area contributed by atoms with Crippen LogP contribution in [0.1, 0.15) is 25.8 Å². The van der Waals surface area contributed by atoms with E-state index in [1.54, 1.807) is 23.2 Å². The van der Waals surface area contributed by atoms with Gasteiger partial charge in [-0.05, 0) is 43.5 Å². The summed E-state index contributed by atoms with van der Waals surface area (Å²) in [6.07, 6.45) is 9.92. The van der Waals surface area contributed by atoms with Gasteiger partial charge in [0.2, 0.25) is 0 Å². The Labute approximate surface area is 172 Å². The quantitative estimate of drug-likeness (QED) is 0.531. The molecule has 0 unspecified atom stereocenters. The highest BCUT2D eigenvalue weighted by atomic mass is 15.1. The molecule has 29 heavy (non-hydrogen) atoms. The van der Waals surface area contributed by atoms with Gasteiger partial charge in [-0.15, -0.1) is 0 Å². The minimum absolute atomic E-state index is 0.556. The first kappa shape index (κ1) is 23.4. The molecule has 0 fully saturated rings. The van der Waals surface area contributed by atoms with E-state index in [1.165, 1.54) is 5.57 Å². The van der Waals surface area contributed by atoms with E-state index in [1.807, 2.05) is 52.2 Å². The minimum Gasteiger partial charge on any atom is -0.384 e. The van der Waals surface area contributed by atoms with Crippen LogP contribution >= 0.6 is 0 Å². The van der Waals surface area contributed by atoms with E-state index >= 15 is 0 Å². The van der Waals surface area contributed by atoms with Crippen LogP contribution in [0.2, 0.25) is 0 Å². The third-order valence-corrected chi connectivity index (χ3v) is 4.04. The number of amidine groups is 1. The number of allylic oxidation sites excluding steroid dienone is 1. The Bertz CT molecular complexity index is 851. The molecule has 0 aromatic carbocycles. The van der Waals surface area contributed by atoms with Crippen molar-refractivity contribution < 1.29 is 0 Å². The highest BCUT2D eigenvalue weighted by molar-refractivity contribution is 5.98. The van der Waals surface area contributed by atoms with Gasteiger partial charge in [0.1, 0.15) is 17.5 Å². The Balaban J connectivity index is 0.000000194. The first-order chi connectivity index (χ1) is 13.7. The van der Waals surface area contributed by atoms with Crippen LogP contribution in [0.5, 0.6) is 0 Å². The molecule has 0 aliphatic carbocycles. The molecule has 2 aromatic heterocycles. The summed E-state index contributed by atoms with van der Waals surface area (Å²) in [5, 5.41) is 0. The summed E-state index contributed by atoms with van der Waals surface area (Å²) in [6.45, 7) is 6.66. The number of hydrogen-bond donors (Lipinski definition) is 4. The van der Waals surface area contributed by atoms with Crippen molar-refractivity contribution >= 4 is 23.8 Å². The number of nitrogen functional groups attached to an aromatic ring is 2. The zero-order valence-corrected chi connectivity index (χ0v) is 17.5. The number of imidazole rings is 1. The summed E-state index contributed by atoms with van der Waals surface area (Å²) in [7, 11) is 1.85. The SMILES string of the molecule is CC1=C(N)N=CC1.CC1=CCN=C1N.Cc1cccnc1N.Cn1ccnc1N. The molecule has 9 nitrogen and oxygen atoms in total. The lowest BCUT2D eigenvalue weighted by Crippen LogP contribution is -2.09. The van der Waals surface area contributed by atoms with Gasteiger partial charge in [-0.25, -0.2) is 15.0 Å². The highest BCUT2D eigenvalue weighted by Gasteiger charge is 1.99. The molecule has 2 aliphatic rings. The maximum atomic E-state index is 5.41. The summed E-state index contributed by atoms with van der Waals surface area (Å²) in [6, 6.07) is 3.80. The molecule has 0 saturated heterocycles. The van der Waals surface area contributed by atoms with Crippen molar-refractivity contribution in [3.05, 3.63) is 59.3 Å². The van der Waals surface area contributed by atoms with Gasteiger partial charge in [0, 0.05) is 38.3 Å². The van der Waals surface area contributed by atoms with E-state index in [4.69, 9.17) is 22.9 Å². The molecule has 4 heterocycles. The summed E-state index contributed by atoms with van der Waals surface area (Å²) in [5.41, 5.74) is 24.7. The van der Waals surface area contributed by atoms with Crippen molar-refractivity contribution in [3.63, 3.8) is 0 Å². The maximum absolute atomic E-state index is 5.41. The highest BCUT2D eigenvalue weighted by Crippen LogP contribution is 2.08. The molecule has 4 rings (SSSR count). The lowest BCUT2D eigenvalue weighted by Gasteiger charge is -1.92. The average Bonchev–Trinajstić information content (AvgIpc) is 3.37. The van der Waals surface area contributed by atoms with Crippen LogP contribution in [0, 0.1) is 6.92 Å². The van der Waals surface area contributed by atoms with E-state index in [0.29, 0.717) is 23.4 Å². The third-order valence-electron chi connectivity index (χ3n) is 4.04. The van der Waals surface area contributed by atoms with Gasteiger partial charge in [0.25, 0.3) is 0 Å². The largest absolute Gasteiger partial charge is 0.384 e. The van der Waals surface area contributed by atoms with Crippen LogP contribution in [0.15, 0.2) is 63.8 Å². The molecule has 156 valence electrons. The second kappa shape index (κ2) is 12.0. The van der Waals surface area contributed by atoms with E-state index in [0.717, 1.165) is 24.1 Å². The maximum Gasteiger partial charge on any atom is 0.199 e. The van der Waals surface area contributed by atoms with Crippen LogP contribution in [0.3, 0.4) is 0 Å². The molecule has 2 aromatic rings. The molecule has 0 spiro atoms. The molecule has 8 N–H and O–H groups in total. The predicted molar refractivity (Wildman–Crippen MR) is 121 cm³/mol. The Morgan fingerprint density at radius 2 is 1.72 bits per heavy atom. The fourth-order valence-corrected chi connectivity index (χ4v) is 1.88. The third kappa shape index (κ3) is 8.74. The fraction of sp³-hybridized carbons (Fsp3) is 0.300. The van der Waals surface area contributed by atoms with Crippen molar-refractivity contribution in [2.75, 3.05) is 18.0 Å². The molecular weight excluding hydrogens is 366 g/mol. The molecular formula is C20H31N9. The Morgan fingerprint density at radius 3 is 1.93 bits per heavy atom. The monoisotopic (exact) mass is 397 g/mol. The number of rotatable bonds is 0. The number of anilines is 2. The van der Waals surface area contributed by atoms with Crippen molar-refractivity contribution in [1.29, 1.82) is 0 Å². The standard InChI is InChI=1S/C6H8N2.2C5H8N2.C4H7N3/c1-5-3-2-4-8-6(5)7;2*1-4-2-3-7-5(4)6;1-7-3-2-6-4(7)5/h2-4H,1H3,(H2,7,8);3H,2,6H2,1H3;2H,3H2,1H3,(H2,6,7);2-3H,1H3,(H2,5,6). The Kier molecular flexibility index (Phi) is 9.66. The van der Waals surface area contributed by atoms with Crippen molar-refractivity contribution in [2.24, 2.45) is 28.5 Å². The first-order valence-electron chi connectivity index (χ1n) is 9.07. The lowest BCUT2D eigenvalue weighted by atomic mass is 10.3. The summed E-state index contributed by atoms with van der Waals surface area (Å²) >= 11 is 0. The van der Waals surface area contributed by atoms with Crippen LogP contribution in [-0.4, -0.2) is 33.1 Å². The van der Waals surface area contributed by atoms with Crippen molar-refractivity contribution in [2.45, 2.75) is 27.2 Å². The van der Waals surface area contributed by atoms with Crippen LogP contribution < -0.4 is 22.9 Å². The Hall–Kier alpha value is -3.62. The molecule has 0 bridgehead atoms. The molecule has 2 aliphatic heterocycles. The second-order valence-electron chi connectivity index (χ2n) is 6.40. The van der Waals surface area contributed by atoms with E-state index in [-0.39, 0.29) is 0 Å². The van der Waals surface area contributed by atoms with Gasteiger partial charge < -0.3 is 27.5 Å².